The van der Waals surface area contributed by atoms with Crippen molar-refractivity contribution in [3.05, 3.63) is 119 Å². The van der Waals surface area contributed by atoms with Crippen molar-refractivity contribution in [2.24, 2.45) is 5.16 Å². The van der Waals surface area contributed by atoms with Crippen molar-refractivity contribution in [2.45, 2.75) is 5.54 Å². The molecule has 200 valence electrons. The molecule has 9 heteroatoms. The van der Waals surface area contributed by atoms with Gasteiger partial charge in [-0.2, -0.15) is 0 Å². The highest BCUT2D eigenvalue weighted by Gasteiger charge is 2.37. The van der Waals surface area contributed by atoms with E-state index in [1.807, 2.05) is 54.6 Å². The molecule has 0 saturated carbocycles. The second-order valence-corrected chi connectivity index (χ2v) is 9.90. The van der Waals surface area contributed by atoms with Gasteiger partial charge >= 0.3 is 5.97 Å². The van der Waals surface area contributed by atoms with Crippen LogP contribution >= 0.6 is 11.3 Å². The van der Waals surface area contributed by atoms with E-state index in [0.29, 0.717) is 24.9 Å². The number of ether oxygens (including phenoxy) is 1. The number of morpholine rings is 1. The normalized spacial score (nSPS) is 14.6. The Kier molecular flexibility index (Phi) is 8.62. The molecule has 0 spiro atoms. The van der Waals surface area contributed by atoms with Crippen molar-refractivity contribution in [3.8, 4) is 0 Å². The lowest BCUT2D eigenvalue weighted by molar-refractivity contribution is -0.129. The van der Waals surface area contributed by atoms with E-state index in [1.165, 1.54) is 11.3 Å². The number of rotatable bonds is 11. The van der Waals surface area contributed by atoms with Crippen LogP contribution in [0, 0.1) is 0 Å². The Morgan fingerprint density at radius 2 is 1.49 bits per heavy atom. The van der Waals surface area contributed by atoms with E-state index in [1.54, 1.807) is 5.38 Å². The van der Waals surface area contributed by atoms with Gasteiger partial charge in [-0.25, -0.2) is 9.78 Å². The number of anilines is 1. The molecule has 0 bridgehead atoms. The van der Waals surface area contributed by atoms with Crippen LogP contribution in [0.4, 0.5) is 5.13 Å². The molecule has 2 N–H and O–H groups in total. The molecular weight excluding hydrogens is 512 g/mol. The van der Waals surface area contributed by atoms with Crippen molar-refractivity contribution >= 4 is 28.1 Å². The molecule has 1 fully saturated rings. The van der Waals surface area contributed by atoms with Crippen molar-refractivity contribution in [2.75, 3.05) is 44.8 Å². The fourth-order valence-corrected chi connectivity index (χ4v) is 5.43. The fourth-order valence-electron chi connectivity index (χ4n) is 4.68. The number of oxime groups is 1. The second-order valence-electron chi connectivity index (χ2n) is 9.04. The minimum Gasteiger partial charge on any atom is -0.476 e. The van der Waals surface area contributed by atoms with Crippen LogP contribution in [0.1, 0.15) is 22.4 Å². The van der Waals surface area contributed by atoms with Gasteiger partial charge in [-0.3, -0.25) is 4.90 Å². The predicted molar refractivity (Wildman–Crippen MR) is 152 cm³/mol. The van der Waals surface area contributed by atoms with Gasteiger partial charge in [0.1, 0.15) is 17.8 Å². The van der Waals surface area contributed by atoms with Crippen LogP contribution in [-0.4, -0.2) is 66.1 Å². The van der Waals surface area contributed by atoms with Gasteiger partial charge in [-0.05, 0) is 16.7 Å². The van der Waals surface area contributed by atoms with E-state index in [-0.39, 0.29) is 18.0 Å². The summed E-state index contributed by atoms with van der Waals surface area (Å²) in [7, 11) is 0. The minimum atomic E-state index is -1.20. The van der Waals surface area contributed by atoms with Crippen molar-refractivity contribution in [3.63, 3.8) is 0 Å². The molecule has 5 rings (SSSR count). The van der Waals surface area contributed by atoms with Gasteiger partial charge in [-0.15, -0.1) is 11.3 Å². The van der Waals surface area contributed by atoms with Gasteiger partial charge < -0.3 is 20.0 Å². The summed E-state index contributed by atoms with van der Waals surface area (Å²) in [4.78, 5) is 24.3. The molecule has 2 heterocycles. The Labute approximate surface area is 231 Å². The summed E-state index contributed by atoms with van der Waals surface area (Å²) >= 11 is 1.32. The van der Waals surface area contributed by atoms with Crippen LogP contribution in [-0.2, 0) is 19.9 Å². The third kappa shape index (κ3) is 6.17. The smallest absolute Gasteiger partial charge is 0.360 e. The molecular formula is C30H30N4O4S. The number of carboxylic acid groups (broad SMARTS) is 1. The zero-order valence-electron chi connectivity index (χ0n) is 21.4. The van der Waals surface area contributed by atoms with Gasteiger partial charge in [0, 0.05) is 25.0 Å². The molecule has 0 amide bonds. The number of thiazole rings is 1. The highest BCUT2D eigenvalue weighted by atomic mass is 32.1. The van der Waals surface area contributed by atoms with Crippen molar-refractivity contribution < 1.29 is 19.5 Å². The largest absolute Gasteiger partial charge is 0.476 e. The SMILES string of the molecule is O=C(O)/C(=N\OCCN1CCOCC1)c1csc(NC(c2ccccc2)(c2ccccc2)c2ccccc2)n1. The summed E-state index contributed by atoms with van der Waals surface area (Å²) < 4.78 is 5.35. The summed E-state index contributed by atoms with van der Waals surface area (Å²) in [6, 6.07) is 30.5. The molecule has 0 radical (unpaired) electrons. The second kappa shape index (κ2) is 12.7. The lowest BCUT2D eigenvalue weighted by atomic mass is 9.77. The zero-order valence-corrected chi connectivity index (χ0v) is 22.2. The van der Waals surface area contributed by atoms with E-state index < -0.39 is 11.5 Å². The Morgan fingerprint density at radius 3 is 2.00 bits per heavy atom. The molecule has 39 heavy (non-hydrogen) atoms. The van der Waals surface area contributed by atoms with Crippen LogP contribution in [0.15, 0.2) is 102 Å². The Balaban J connectivity index is 1.45. The maximum Gasteiger partial charge on any atom is 0.360 e. The van der Waals surface area contributed by atoms with E-state index in [0.717, 1.165) is 29.8 Å². The quantitative estimate of drug-likeness (QED) is 0.123. The number of carbonyl (C=O) groups is 1. The van der Waals surface area contributed by atoms with E-state index in [9.17, 15) is 9.90 Å². The number of carboxylic acids is 1. The molecule has 1 aliphatic heterocycles. The molecule has 0 aliphatic carbocycles. The van der Waals surface area contributed by atoms with Crippen LogP contribution < -0.4 is 5.32 Å². The van der Waals surface area contributed by atoms with Gasteiger partial charge in [0.15, 0.2) is 5.13 Å². The molecule has 0 unspecified atom stereocenters. The summed E-state index contributed by atoms with van der Waals surface area (Å²) in [6.07, 6.45) is 0. The minimum absolute atomic E-state index is 0.231. The number of aromatic nitrogens is 1. The average Bonchev–Trinajstić information content (AvgIpc) is 3.45. The number of nitrogens with one attached hydrogen (secondary N) is 1. The highest BCUT2D eigenvalue weighted by Crippen LogP contribution is 2.40. The number of nitrogens with zero attached hydrogens (tertiary/aromatic N) is 3. The first-order chi connectivity index (χ1) is 19.2. The van der Waals surface area contributed by atoms with E-state index in [2.05, 4.69) is 56.8 Å². The number of hydrogen-bond acceptors (Lipinski definition) is 8. The maximum absolute atomic E-state index is 12.1. The Bertz CT molecular complexity index is 1280. The van der Waals surface area contributed by atoms with Crippen LogP contribution in [0.2, 0.25) is 0 Å². The molecule has 8 nitrogen and oxygen atoms in total. The molecule has 4 aromatic rings. The maximum atomic E-state index is 12.1. The first-order valence-electron chi connectivity index (χ1n) is 12.8. The molecule has 1 aromatic heterocycles. The zero-order chi connectivity index (χ0) is 26.9. The lowest BCUT2D eigenvalue weighted by Gasteiger charge is -2.36. The van der Waals surface area contributed by atoms with Gasteiger partial charge in [0.2, 0.25) is 5.71 Å². The molecule has 0 atom stereocenters. The number of aliphatic carboxylic acids is 1. The summed E-state index contributed by atoms with van der Waals surface area (Å²) in [6.45, 7) is 3.96. The number of hydrogen-bond donors (Lipinski definition) is 2. The molecule has 1 saturated heterocycles. The van der Waals surface area contributed by atoms with Crippen molar-refractivity contribution in [1.82, 2.24) is 9.88 Å². The van der Waals surface area contributed by atoms with Gasteiger partial charge in [-0.1, -0.05) is 96.2 Å². The van der Waals surface area contributed by atoms with Crippen LogP contribution in [0.3, 0.4) is 0 Å². The predicted octanol–water partition coefficient (Wildman–Crippen LogP) is 4.68. The van der Waals surface area contributed by atoms with Crippen molar-refractivity contribution in [1.29, 1.82) is 0 Å². The fraction of sp³-hybridized carbons (Fsp3) is 0.233. The van der Waals surface area contributed by atoms with Crippen LogP contribution in [0.25, 0.3) is 0 Å². The topological polar surface area (TPSA) is 96.3 Å². The Hall–Kier alpha value is -4.05. The van der Waals surface area contributed by atoms with Gasteiger partial charge in [0.25, 0.3) is 0 Å². The summed E-state index contributed by atoms with van der Waals surface area (Å²) in [5, 5.41) is 19.7. The van der Waals surface area contributed by atoms with E-state index in [4.69, 9.17) is 9.57 Å². The third-order valence-electron chi connectivity index (χ3n) is 6.62. The monoisotopic (exact) mass is 542 g/mol. The molecule has 1 aliphatic rings. The van der Waals surface area contributed by atoms with Gasteiger partial charge in [0.05, 0.1) is 13.2 Å². The first kappa shape index (κ1) is 26.6. The Morgan fingerprint density at radius 1 is 0.949 bits per heavy atom. The number of benzene rings is 3. The third-order valence-corrected chi connectivity index (χ3v) is 7.38. The summed E-state index contributed by atoms with van der Waals surface area (Å²) in [5.74, 6) is -1.20. The first-order valence-corrected chi connectivity index (χ1v) is 13.7. The highest BCUT2D eigenvalue weighted by molar-refractivity contribution is 7.14. The van der Waals surface area contributed by atoms with Crippen LogP contribution in [0.5, 0.6) is 0 Å². The molecule has 3 aromatic carbocycles. The van der Waals surface area contributed by atoms with E-state index >= 15 is 0 Å². The average molecular weight is 543 g/mol. The lowest BCUT2D eigenvalue weighted by Crippen LogP contribution is -2.38. The summed E-state index contributed by atoms with van der Waals surface area (Å²) in [5.41, 5.74) is 2.32. The standard InChI is InChI=1S/C30H30N4O4S/c35-28(36)27(33-38-21-18-34-16-19-37-20-17-34)26-22-39-29(31-26)32-30(23-10-4-1-5-11-23,24-12-6-2-7-13-24)25-14-8-3-9-15-25/h1-15,22H,16-21H2,(H,31,32)(H,35,36)/b33-27-.